The smallest absolute Gasteiger partial charge is 0.274 e. The summed E-state index contributed by atoms with van der Waals surface area (Å²) in [5.74, 6) is -0.144. The average Bonchev–Trinajstić information content (AvgIpc) is 3.24. The standard InChI is InChI=1S/C17H20N4O3/c1-11-3-4-15(24-2)14(9-11)21-8-6-13(19-21)17(23)20-7-5-12(10-20)16(18)22/h3-4,6,8-9,12H,5,7,10H2,1-2H3,(H2,18,22)/t12-/m1/s1. The van der Waals surface area contributed by atoms with E-state index in [4.69, 9.17) is 10.5 Å². The van der Waals surface area contributed by atoms with Crippen LogP contribution < -0.4 is 10.5 Å². The molecule has 7 nitrogen and oxygen atoms in total. The number of methoxy groups -OCH3 is 1. The maximum atomic E-state index is 12.5. The van der Waals surface area contributed by atoms with Crippen molar-refractivity contribution < 1.29 is 14.3 Å². The molecule has 2 heterocycles. The lowest BCUT2D eigenvalue weighted by Gasteiger charge is -2.14. The number of aromatic nitrogens is 2. The van der Waals surface area contributed by atoms with Crippen LogP contribution in [0, 0.1) is 12.8 Å². The van der Waals surface area contributed by atoms with E-state index in [2.05, 4.69) is 5.10 Å². The fraction of sp³-hybridized carbons (Fsp3) is 0.353. The van der Waals surface area contributed by atoms with Crippen LogP contribution in [0.25, 0.3) is 5.69 Å². The topological polar surface area (TPSA) is 90.5 Å². The second-order valence-electron chi connectivity index (χ2n) is 5.96. The van der Waals surface area contributed by atoms with E-state index in [1.54, 1.807) is 29.0 Å². The molecule has 2 amide bonds. The van der Waals surface area contributed by atoms with Crippen molar-refractivity contribution in [2.45, 2.75) is 13.3 Å². The fourth-order valence-corrected chi connectivity index (χ4v) is 2.89. The number of hydrogen-bond acceptors (Lipinski definition) is 4. The Labute approximate surface area is 140 Å². The third-order valence-corrected chi connectivity index (χ3v) is 4.27. The van der Waals surface area contributed by atoms with Gasteiger partial charge >= 0.3 is 0 Å². The van der Waals surface area contributed by atoms with Crippen LogP contribution in [-0.4, -0.2) is 46.7 Å². The minimum Gasteiger partial charge on any atom is -0.494 e. The Kier molecular flexibility index (Phi) is 4.24. The molecule has 0 unspecified atom stereocenters. The number of primary amides is 1. The van der Waals surface area contributed by atoms with Gasteiger partial charge < -0.3 is 15.4 Å². The van der Waals surface area contributed by atoms with E-state index in [0.717, 1.165) is 11.3 Å². The Balaban J connectivity index is 1.82. The van der Waals surface area contributed by atoms with Gasteiger partial charge in [0.25, 0.3) is 5.91 Å². The molecule has 2 N–H and O–H groups in total. The number of nitrogens with two attached hydrogens (primary N) is 1. The molecule has 126 valence electrons. The summed E-state index contributed by atoms with van der Waals surface area (Å²) < 4.78 is 6.98. The molecule has 1 saturated heterocycles. The van der Waals surface area contributed by atoms with Gasteiger partial charge in [-0.25, -0.2) is 4.68 Å². The second kappa shape index (κ2) is 6.35. The lowest BCUT2D eigenvalue weighted by atomic mass is 10.1. The quantitative estimate of drug-likeness (QED) is 0.911. The molecule has 7 heteroatoms. The number of aryl methyl sites for hydroxylation is 1. The molecule has 1 aliphatic rings. The highest BCUT2D eigenvalue weighted by atomic mass is 16.5. The molecular formula is C17H20N4O3. The van der Waals surface area contributed by atoms with E-state index >= 15 is 0 Å². The van der Waals surface area contributed by atoms with Gasteiger partial charge in [-0.3, -0.25) is 9.59 Å². The van der Waals surface area contributed by atoms with Gasteiger partial charge in [0.1, 0.15) is 11.4 Å². The van der Waals surface area contributed by atoms with Gasteiger partial charge in [0.2, 0.25) is 5.91 Å². The number of amides is 2. The highest BCUT2D eigenvalue weighted by Crippen LogP contribution is 2.24. The van der Waals surface area contributed by atoms with Crippen LogP contribution in [0.3, 0.4) is 0 Å². The summed E-state index contributed by atoms with van der Waals surface area (Å²) in [4.78, 5) is 25.4. The third kappa shape index (κ3) is 2.97. The third-order valence-electron chi connectivity index (χ3n) is 4.27. The van der Waals surface area contributed by atoms with E-state index in [-0.39, 0.29) is 17.7 Å². The Hall–Kier alpha value is -2.83. The molecule has 0 spiro atoms. The van der Waals surface area contributed by atoms with E-state index < -0.39 is 0 Å². The molecule has 0 aliphatic carbocycles. The number of nitrogens with zero attached hydrogens (tertiary/aromatic N) is 3. The molecule has 1 aliphatic heterocycles. The summed E-state index contributed by atoms with van der Waals surface area (Å²) in [5.41, 5.74) is 7.49. The molecule has 1 aromatic carbocycles. The van der Waals surface area contributed by atoms with E-state index in [1.807, 2.05) is 25.1 Å². The van der Waals surface area contributed by atoms with Crippen molar-refractivity contribution in [3.05, 3.63) is 41.7 Å². The van der Waals surface area contributed by atoms with Crippen LogP contribution >= 0.6 is 0 Å². The molecule has 1 aromatic heterocycles. The Bertz CT molecular complexity index is 784. The van der Waals surface area contributed by atoms with Gasteiger partial charge in [0, 0.05) is 19.3 Å². The van der Waals surface area contributed by atoms with E-state index in [1.165, 1.54) is 0 Å². The van der Waals surface area contributed by atoms with Crippen molar-refractivity contribution in [2.24, 2.45) is 11.7 Å². The highest BCUT2D eigenvalue weighted by Gasteiger charge is 2.31. The number of carbonyl (C=O) groups excluding carboxylic acids is 2. The first-order valence-electron chi connectivity index (χ1n) is 7.79. The van der Waals surface area contributed by atoms with Crippen LogP contribution in [0.2, 0.25) is 0 Å². The zero-order chi connectivity index (χ0) is 17.3. The minimum absolute atomic E-state index is 0.191. The molecule has 0 radical (unpaired) electrons. The van der Waals surface area contributed by atoms with E-state index in [9.17, 15) is 9.59 Å². The Morgan fingerprint density at radius 2 is 2.12 bits per heavy atom. The number of benzene rings is 1. The molecular weight excluding hydrogens is 308 g/mol. The first-order valence-corrected chi connectivity index (χ1v) is 7.79. The fourth-order valence-electron chi connectivity index (χ4n) is 2.89. The maximum absolute atomic E-state index is 12.5. The summed E-state index contributed by atoms with van der Waals surface area (Å²) in [6.45, 7) is 2.86. The summed E-state index contributed by atoms with van der Waals surface area (Å²) in [6.07, 6.45) is 2.33. The first kappa shape index (κ1) is 16.0. The molecule has 1 atom stereocenters. The van der Waals surface area contributed by atoms with Crippen molar-refractivity contribution in [3.63, 3.8) is 0 Å². The van der Waals surface area contributed by atoms with Gasteiger partial charge in [0.05, 0.1) is 13.0 Å². The molecule has 24 heavy (non-hydrogen) atoms. The maximum Gasteiger partial charge on any atom is 0.274 e. The zero-order valence-corrected chi connectivity index (χ0v) is 13.7. The number of ether oxygens (including phenoxy) is 1. The number of hydrogen-bond donors (Lipinski definition) is 1. The van der Waals surface area contributed by atoms with Gasteiger partial charge in [-0.2, -0.15) is 5.10 Å². The second-order valence-corrected chi connectivity index (χ2v) is 5.96. The van der Waals surface area contributed by atoms with Crippen LogP contribution in [0.1, 0.15) is 22.5 Å². The van der Waals surface area contributed by atoms with Crippen molar-refractivity contribution in [1.82, 2.24) is 14.7 Å². The predicted molar refractivity (Wildman–Crippen MR) is 88.1 cm³/mol. The average molecular weight is 328 g/mol. The van der Waals surface area contributed by atoms with Crippen molar-refractivity contribution in [2.75, 3.05) is 20.2 Å². The molecule has 1 fully saturated rings. The van der Waals surface area contributed by atoms with E-state index in [0.29, 0.717) is 31.0 Å². The summed E-state index contributed by atoms with van der Waals surface area (Å²) >= 11 is 0. The summed E-state index contributed by atoms with van der Waals surface area (Å²) in [6, 6.07) is 7.43. The van der Waals surface area contributed by atoms with Crippen molar-refractivity contribution in [1.29, 1.82) is 0 Å². The van der Waals surface area contributed by atoms with Crippen LogP contribution in [-0.2, 0) is 4.79 Å². The highest BCUT2D eigenvalue weighted by molar-refractivity contribution is 5.93. The molecule has 3 rings (SSSR count). The Morgan fingerprint density at radius 1 is 1.33 bits per heavy atom. The zero-order valence-electron chi connectivity index (χ0n) is 13.7. The number of likely N-dealkylation sites (tertiary alicyclic amines) is 1. The van der Waals surface area contributed by atoms with Gasteiger partial charge in [-0.05, 0) is 37.1 Å². The van der Waals surface area contributed by atoms with Crippen LogP contribution in [0.5, 0.6) is 5.75 Å². The van der Waals surface area contributed by atoms with Gasteiger partial charge in [-0.15, -0.1) is 0 Å². The molecule has 2 aromatic rings. The first-order chi connectivity index (χ1) is 11.5. The van der Waals surface area contributed by atoms with Crippen LogP contribution in [0.15, 0.2) is 30.5 Å². The summed E-state index contributed by atoms with van der Waals surface area (Å²) in [5, 5.41) is 4.37. The minimum atomic E-state index is -0.361. The van der Waals surface area contributed by atoms with Crippen molar-refractivity contribution in [3.8, 4) is 11.4 Å². The number of rotatable bonds is 4. The lowest BCUT2D eigenvalue weighted by Crippen LogP contribution is -2.32. The summed E-state index contributed by atoms with van der Waals surface area (Å²) in [7, 11) is 1.60. The SMILES string of the molecule is COc1ccc(C)cc1-n1ccc(C(=O)N2CC[C@@H](C(N)=O)C2)n1. The number of carbonyl (C=O) groups is 2. The molecule has 0 bridgehead atoms. The Morgan fingerprint density at radius 3 is 2.79 bits per heavy atom. The monoisotopic (exact) mass is 328 g/mol. The molecule has 0 saturated carbocycles. The largest absolute Gasteiger partial charge is 0.494 e. The van der Waals surface area contributed by atoms with Crippen LogP contribution in [0.4, 0.5) is 0 Å². The lowest BCUT2D eigenvalue weighted by molar-refractivity contribution is -0.121. The normalized spacial score (nSPS) is 17.1. The van der Waals surface area contributed by atoms with Gasteiger partial charge in [0.15, 0.2) is 5.69 Å². The van der Waals surface area contributed by atoms with Crippen molar-refractivity contribution >= 4 is 11.8 Å². The van der Waals surface area contributed by atoms with Gasteiger partial charge in [-0.1, -0.05) is 6.07 Å². The predicted octanol–water partition coefficient (Wildman–Crippen LogP) is 1.14.